The molecule has 0 aromatic heterocycles. The number of phenols is 1. The minimum atomic E-state index is -1.67. The summed E-state index contributed by atoms with van der Waals surface area (Å²) in [5.41, 5.74) is 16.6. The van der Waals surface area contributed by atoms with Crippen LogP contribution in [0.1, 0.15) is 24.8 Å². The molecular formula is C24H36N8O9S. The van der Waals surface area contributed by atoms with Crippen molar-refractivity contribution >= 4 is 54.2 Å². The number of carboxylic acids is 2. The molecule has 1 aromatic carbocycles. The van der Waals surface area contributed by atoms with E-state index in [0.717, 1.165) is 0 Å². The Morgan fingerprint density at radius 3 is 2.02 bits per heavy atom. The second kappa shape index (κ2) is 18.0. The lowest BCUT2D eigenvalue weighted by atomic mass is 10.0. The molecule has 0 aliphatic rings. The Morgan fingerprint density at radius 1 is 0.881 bits per heavy atom. The molecule has 4 amide bonds. The molecule has 17 nitrogen and oxygen atoms in total. The zero-order valence-electron chi connectivity index (χ0n) is 22.5. The highest BCUT2D eigenvalue weighted by Gasteiger charge is 2.30. The van der Waals surface area contributed by atoms with Gasteiger partial charge in [-0.2, -0.15) is 12.6 Å². The van der Waals surface area contributed by atoms with Gasteiger partial charge in [-0.15, -0.1) is 0 Å². The molecule has 0 aliphatic carbocycles. The second-order valence-electron chi connectivity index (χ2n) is 9.00. The van der Waals surface area contributed by atoms with Gasteiger partial charge in [-0.3, -0.25) is 29.0 Å². The molecule has 1 rings (SSSR count). The number of nitrogens with two attached hydrogens (primary N) is 3. The number of aliphatic imine (C=N–C) groups is 1. The number of benzene rings is 1. The largest absolute Gasteiger partial charge is 0.508 e. The number of nitrogens with one attached hydrogen (secondary N) is 4. The molecular weight excluding hydrogens is 576 g/mol. The Bertz CT molecular complexity index is 1150. The summed E-state index contributed by atoms with van der Waals surface area (Å²) in [4.78, 5) is 77.1. The fourth-order valence-corrected chi connectivity index (χ4v) is 3.63. The van der Waals surface area contributed by atoms with E-state index in [9.17, 15) is 44.1 Å². The molecule has 232 valence electrons. The SMILES string of the molecule is NC(N)=NCCCC(N)C(=O)NCC(=O)NC(CC(=O)O)C(=O)NC(Cc1ccc(O)cc1)C(=O)NC(CS)C(=O)O. The monoisotopic (exact) mass is 612 g/mol. The Morgan fingerprint density at radius 2 is 1.48 bits per heavy atom. The maximum absolute atomic E-state index is 13.0. The van der Waals surface area contributed by atoms with E-state index >= 15 is 0 Å². The third-order valence-electron chi connectivity index (χ3n) is 5.56. The zero-order chi connectivity index (χ0) is 31.8. The number of carbonyl (C=O) groups excluding carboxylic acids is 4. The number of nitrogens with zero attached hydrogens (tertiary/aromatic N) is 1. The Balaban J connectivity index is 2.92. The Labute approximate surface area is 246 Å². The van der Waals surface area contributed by atoms with Crippen molar-refractivity contribution < 1.29 is 44.1 Å². The molecule has 0 bridgehead atoms. The van der Waals surface area contributed by atoms with E-state index in [4.69, 9.17) is 17.2 Å². The van der Waals surface area contributed by atoms with Gasteiger partial charge in [0, 0.05) is 18.7 Å². The minimum absolute atomic E-state index is 0.0620. The quantitative estimate of drug-likeness (QED) is 0.0331. The molecule has 0 fully saturated rings. The number of aliphatic carboxylic acids is 2. The van der Waals surface area contributed by atoms with Gasteiger partial charge in [-0.1, -0.05) is 12.1 Å². The van der Waals surface area contributed by atoms with Crippen LogP contribution in [0.15, 0.2) is 29.3 Å². The van der Waals surface area contributed by atoms with Gasteiger partial charge < -0.3 is 53.8 Å². The molecule has 13 N–H and O–H groups in total. The normalized spacial score (nSPS) is 13.4. The van der Waals surface area contributed by atoms with Crippen molar-refractivity contribution in [2.24, 2.45) is 22.2 Å². The molecule has 1 aromatic rings. The number of hydrogen-bond donors (Lipinski definition) is 11. The average molecular weight is 613 g/mol. The summed E-state index contributed by atoms with van der Waals surface area (Å²) in [6.45, 7) is -0.392. The number of guanidine groups is 1. The topological polar surface area (TPSA) is 302 Å². The van der Waals surface area contributed by atoms with E-state index in [1.807, 2.05) is 0 Å². The van der Waals surface area contributed by atoms with Crippen molar-refractivity contribution in [3.8, 4) is 5.75 Å². The fourth-order valence-electron chi connectivity index (χ4n) is 3.39. The first kappa shape index (κ1) is 35.4. The van der Waals surface area contributed by atoms with Crippen LogP contribution in [0.4, 0.5) is 0 Å². The Kier molecular flexibility index (Phi) is 15.2. The van der Waals surface area contributed by atoms with Crippen LogP contribution in [0.25, 0.3) is 0 Å². The molecule has 18 heteroatoms. The smallest absolute Gasteiger partial charge is 0.327 e. The highest BCUT2D eigenvalue weighted by Crippen LogP contribution is 2.12. The van der Waals surface area contributed by atoms with Gasteiger partial charge in [0.25, 0.3) is 0 Å². The molecule has 0 radical (unpaired) electrons. The van der Waals surface area contributed by atoms with Crippen LogP contribution in [-0.2, 0) is 35.2 Å². The van der Waals surface area contributed by atoms with Crippen LogP contribution in [0.3, 0.4) is 0 Å². The van der Waals surface area contributed by atoms with Crippen LogP contribution in [0, 0.1) is 0 Å². The van der Waals surface area contributed by atoms with Gasteiger partial charge in [0.1, 0.15) is 23.9 Å². The lowest BCUT2D eigenvalue weighted by Gasteiger charge is -2.24. The lowest BCUT2D eigenvalue weighted by Crippen LogP contribution is -2.57. The highest BCUT2D eigenvalue weighted by molar-refractivity contribution is 7.80. The number of aromatic hydroxyl groups is 1. The first-order valence-electron chi connectivity index (χ1n) is 12.6. The average Bonchev–Trinajstić information content (AvgIpc) is 2.92. The summed E-state index contributed by atoms with van der Waals surface area (Å²) in [5.74, 6) is -6.85. The summed E-state index contributed by atoms with van der Waals surface area (Å²) in [5, 5.41) is 37.1. The second-order valence-corrected chi connectivity index (χ2v) is 9.37. The van der Waals surface area contributed by atoms with Crippen LogP contribution in [0.5, 0.6) is 5.75 Å². The van der Waals surface area contributed by atoms with Crippen molar-refractivity contribution in [1.82, 2.24) is 21.3 Å². The van der Waals surface area contributed by atoms with Crippen molar-refractivity contribution in [2.75, 3.05) is 18.8 Å². The number of amides is 4. The fraction of sp³-hybridized carbons (Fsp3) is 0.458. The van der Waals surface area contributed by atoms with Crippen molar-refractivity contribution in [2.45, 2.75) is 49.9 Å². The van der Waals surface area contributed by atoms with Gasteiger partial charge >= 0.3 is 11.9 Å². The maximum Gasteiger partial charge on any atom is 0.327 e. The van der Waals surface area contributed by atoms with Crippen molar-refractivity contribution in [3.63, 3.8) is 0 Å². The minimum Gasteiger partial charge on any atom is -0.508 e. The van der Waals surface area contributed by atoms with Crippen LogP contribution >= 0.6 is 12.6 Å². The first-order valence-corrected chi connectivity index (χ1v) is 13.2. The Hall–Kier alpha value is -4.58. The third kappa shape index (κ3) is 13.7. The van der Waals surface area contributed by atoms with E-state index in [1.54, 1.807) is 0 Å². The number of rotatable bonds is 18. The molecule has 4 atom stereocenters. The van der Waals surface area contributed by atoms with Crippen LogP contribution in [0.2, 0.25) is 0 Å². The highest BCUT2D eigenvalue weighted by atomic mass is 32.1. The van der Waals surface area contributed by atoms with Crippen LogP contribution in [-0.4, -0.2) is 99.9 Å². The van der Waals surface area contributed by atoms with E-state index in [2.05, 4.69) is 38.9 Å². The summed E-state index contributed by atoms with van der Waals surface area (Å²) in [6, 6.07) is 0.116. The molecule has 42 heavy (non-hydrogen) atoms. The maximum atomic E-state index is 13.0. The third-order valence-corrected chi connectivity index (χ3v) is 5.93. The predicted octanol–water partition coefficient (Wildman–Crippen LogP) is -3.62. The summed E-state index contributed by atoms with van der Waals surface area (Å²) < 4.78 is 0. The van der Waals surface area contributed by atoms with Gasteiger partial charge in [0.05, 0.1) is 19.0 Å². The van der Waals surface area contributed by atoms with Gasteiger partial charge in [-0.25, -0.2) is 4.79 Å². The van der Waals surface area contributed by atoms with Gasteiger partial charge in [-0.05, 0) is 30.5 Å². The first-order chi connectivity index (χ1) is 19.7. The summed E-state index contributed by atoms with van der Waals surface area (Å²) in [7, 11) is 0. The number of thiol groups is 1. The molecule has 0 saturated heterocycles. The number of carbonyl (C=O) groups is 6. The summed E-state index contributed by atoms with van der Waals surface area (Å²) in [6.07, 6.45) is -0.465. The summed E-state index contributed by atoms with van der Waals surface area (Å²) >= 11 is 3.89. The number of carboxylic acid groups (broad SMARTS) is 2. The molecule has 4 unspecified atom stereocenters. The van der Waals surface area contributed by atoms with E-state index in [-0.39, 0.29) is 36.8 Å². The number of hydrogen-bond acceptors (Lipinski definition) is 10. The van der Waals surface area contributed by atoms with Gasteiger partial charge in [0.15, 0.2) is 5.96 Å². The van der Waals surface area contributed by atoms with Crippen molar-refractivity contribution in [3.05, 3.63) is 29.8 Å². The zero-order valence-corrected chi connectivity index (χ0v) is 23.4. The van der Waals surface area contributed by atoms with Gasteiger partial charge in [0.2, 0.25) is 23.6 Å². The molecule has 0 spiro atoms. The molecule has 0 heterocycles. The van der Waals surface area contributed by atoms with E-state index in [1.165, 1.54) is 24.3 Å². The van der Waals surface area contributed by atoms with E-state index in [0.29, 0.717) is 12.0 Å². The molecule has 0 aliphatic heterocycles. The standard InChI is InChI=1S/C24H36N8O9S/c25-14(2-1-7-28-24(26)27)20(37)29-10-18(34)30-16(9-19(35)36)22(39)31-15(8-12-3-5-13(33)6-4-12)21(38)32-17(11-42)23(40)41/h3-6,14-17,33,42H,1-2,7-11,25H2,(H,29,37)(H,30,34)(H,31,39)(H,32,38)(H,35,36)(H,40,41)(H4,26,27,28). The van der Waals surface area contributed by atoms with Crippen molar-refractivity contribution in [1.29, 1.82) is 0 Å². The predicted molar refractivity (Wildman–Crippen MR) is 152 cm³/mol. The van der Waals surface area contributed by atoms with E-state index < -0.39 is 72.7 Å². The molecule has 0 saturated carbocycles. The number of phenolic OH excluding ortho intramolecular Hbond substituents is 1. The van der Waals surface area contributed by atoms with Crippen LogP contribution < -0.4 is 38.5 Å². The lowest BCUT2D eigenvalue weighted by molar-refractivity contribution is -0.142.